The zero-order valence-electron chi connectivity index (χ0n) is 21.9. The van der Waals surface area contributed by atoms with Gasteiger partial charge >= 0.3 is 11.9 Å². The van der Waals surface area contributed by atoms with Gasteiger partial charge in [0, 0.05) is 17.9 Å². The van der Waals surface area contributed by atoms with Gasteiger partial charge in [0.15, 0.2) is 0 Å². The maximum Gasteiger partial charge on any atom is 0.334 e. The maximum atomic E-state index is 12.6. The number of esters is 1. The van der Waals surface area contributed by atoms with Gasteiger partial charge in [0.1, 0.15) is 12.4 Å². The van der Waals surface area contributed by atoms with Crippen molar-refractivity contribution in [2.45, 2.75) is 98.0 Å². The molecule has 5 heteroatoms. The van der Waals surface area contributed by atoms with Crippen molar-refractivity contribution in [2.75, 3.05) is 0 Å². The summed E-state index contributed by atoms with van der Waals surface area (Å²) < 4.78 is 5.92. The molecule has 192 valence electrons. The van der Waals surface area contributed by atoms with Crippen LogP contribution >= 0.6 is 0 Å². The highest BCUT2D eigenvalue weighted by atomic mass is 16.6. The largest absolute Gasteiger partial charge is 0.481 e. The summed E-state index contributed by atoms with van der Waals surface area (Å²) in [4.78, 5) is 35.2. The fourth-order valence-electron chi connectivity index (χ4n) is 10.3. The van der Waals surface area contributed by atoms with Crippen LogP contribution < -0.4 is 0 Å². The van der Waals surface area contributed by atoms with E-state index in [0.717, 1.165) is 44.0 Å². The molecule has 0 radical (unpaired) electrons. The van der Waals surface area contributed by atoms with Crippen LogP contribution in [0.25, 0.3) is 0 Å². The number of aldehydes is 1. The van der Waals surface area contributed by atoms with E-state index in [1.165, 1.54) is 19.3 Å². The second kappa shape index (κ2) is 8.05. The van der Waals surface area contributed by atoms with Crippen molar-refractivity contribution in [3.63, 3.8) is 0 Å². The first-order chi connectivity index (χ1) is 16.5. The molecule has 0 aromatic rings. The lowest BCUT2D eigenvalue weighted by molar-refractivity contribution is -0.158. The highest BCUT2D eigenvalue weighted by molar-refractivity contribution is 5.91. The van der Waals surface area contributed by atoms with Gasteiger partial charge in [0.2, 0.25) is 0 Å². The van der Waals surface area contributed by atoms with E-state index in [1.807, 2.05) is 6.92 Å². The van der Waals surface area contributed by atoms with Crippen LogP contribution in [0.1, 0.15) is 91.9 Å². The van der Waals surface area contributed by atoms with Gasteiger partial charge in [-0.1, -0.05) is 33.4 Å². The summed E-state index contributed by atoms with van der Waals surface area (Å²) in [5, 5.41) is 9.54. The SMILES string of the molecule is C=C1C(=O)OC2CC3[C@]4(CC[C@]5(C)C(C(C)CCC=C(C)C=O)CC[C@@]35C)C[C@]4(CCC(=O)O)C12. The highest BCUT2D eigenvalue weighted by Crippen LogP contribution is 2.88. The van der Waals surface area contributed by atoms with Crippen molar-refractivity contribution in [3.05, 3.63) is 23.8 Å². The molecule has 5 rings (SSSR count). The number of hydrogen-bond acceptors (Lipinski definition) is 4. The summed E-state index contributed by atoms with van der Waals surface area (Å²) in [6, 6.07) is 0. The Balaban J connectivity index is 1.44. The third-order valence-electron chi connectivity index (χ3n) is 12.2. The molecular formula is C30H42O5. The van der Waals surface area contributed by atoms with Crippen LogP contribution in [0.5, 0.6) is 0 Å². The normalized spacial score (nSPS) is 46.7. The zero-order chi connectivity index (χ0) is 25.4. The topological polar surface area (TPSA) is 80.7 Å². The zero-order valence-corrected chi connectivity index (χ0v) is 21.9. The first-order valence-electron chi connectivity index (χ1n) is 13.7. The van der Waals surface area contributed by atoms with Gasteiger partial charge in [-0.2, -0.15) is 0 Å². The lowest BCUT2D eigenvalue weighted by Crippen LogP contribution is -2.56. The van der Waals surface area contributed by atoms with Crippen LogP contribution in [0.3, 0.4) is 0 Å². The monoisotopic (exact) mass is 482 g/mol. The molecule has 1 saturated heterocycles. The Morgan fingerprint density at radius 1 is 1.26 bits per heavy atom. The van der Waals surface area contributed by atoms with Crippen molar-refractivity contribution in [3.8, 4) is 0 Å². The quantitative estimate of drug-likeness (QED) is 0.256. The Hall–Kier alpha value is -1.91. The molecule has 0 bridgehead atoms. The predicted octanol–water partition coefficient (Wildman–Crippen LogP) is 6.12. The molecule has 9 atom stereocenters. The number of carboxylic acid groups (broad SMARTS) is 1. The summed E-state index contributed by atoms with van der Waals surface area (Å²) in [5.41, 5.74) is 1.76. The van der Waals surface area contributed by atoms with E-state index in [2.05, 4.69) is 33.4 Å². The minimum Gasteiger partial charge on any atom is -0.481 e. The number of hydrogen-bond donors (Lipinski definition) is 1. The lowest BCUT2D eigenvalue weighted by atomic mass is 9.43. The first-order valence-corrected chi connectivity index (χ1v) is 13.7. The van der Waals surface area contributed by atoms with E-state index < -0.39 is 5.97 Å². The number of carboxylic acids is 1. The molecule has 35 heavy (non-hydrogen) atoms. The van der Waals surface area contributed by atoms with Crippen LogP contribution in [-0.2, 0) is 19.1 Å². The van der Waals surface area contributed by atoms with Crippen molar-refractivity contribution in [2.24, 2.45) is 45.3 Å². The van der Waals surface area contributed by atoms with Crippen LogP contribution in [0.15, 0.2) is 23.8 Å². The Bertz CT molecular complexity index is 997. The Labute approximate surface area is 209 Å². The van der Waals surface area contributed by atoms with Crippen LogP contribution in [0.2, 0.25) is 0 Å². The van der Waals surface area contributed by atoms with Gasteiger partial charge in [-0.3, -0.25) is 9.59 Å². The average Bonchev–Trinajstić information content (AvgIpc) is 3.27. The standard InChI is InChI=1S/C30H42O5/c1-18(16-31)7-6-8-19(2)21-9-11-28(5)23-15-22-25(20(3)26(34)35-22)30(12-10-24(32)33)17-29(23,30)14-13-27(21,28)4/h7,16,19,21-23,25H,3,6,8-15,17H2,1-2,4-5H3,(H,32,33)/t19?,21?,22?,23?,25?,27-,28+,29+,30-/m1/s1. The Morgan fingerprint density at radius 3 is 2.69 bits per heavy atom. The molecule has 1 N–H and O–H groups in total. The summed E-state index contributed by atoms with van der Waals surface area (Å²) >= 11 is 0. The van der Waals surface area contributed by atoms with Gasteiger partial charge in [-0.05, 0) is 110 Å². The Morgan fingerprint density at radius 2 is 2.00 bits per heavy atom. The van der Waals surface area contributed by atoms with Crippen molar-refractivity contribution < 1.29 is 24.2 Å². The number of carbonyl (C=O) groups excluding carboxylic acids is 2. The van der Waals surface area contributed by atoms with Crippen LogP contribution in [0.4, 0.5) is 0 Å². The van der Waals surface area contributed by atoms with Crippen LogP contribution in [0, 0.1) is 45.3 Å². The van der Waals surface area contributed by atoms with Crippen LogP contribution in [-0.4, -0.2) is 29.4 Å². The molecule has 1 aliphatic heterocycles. The van der Waals surface area contributed by atoms with E-state index in [1.54, 1.807) is 0 Å². The van der Waals surface area contributed by atoms with E-state index in [9.17, 15) is 19.5 Å². The molecule has 1 spiro atoms. The Kier molecular flexibility index (Phi) is 5.69. The summed E-state index contributed by atoms with van der Waals surface area (Å²) in [5.74, 6) is 0.652. The number of ether oxygens (including phenoxy) is 1. The molecule has 5 unspecified atom stereocenters. The lowest BCUT2D eigenvalue weighted by Gasteiger charge is -2.61. The third-order valence-corrected chi connectivity index (χ3v) is 12.2. The van der Waals surface area contributed by atoms with Gasteiger partial charge in [-0.25, -0.2) is 4.79 Å². The van der Waals surface area contributed by atoms with E-state index in [-0.39, 0.29) is 46.1 Å². The average molecular weight is 483 g/mol. The second-order valence-electron chi connectivity index (χ2n) is 13.2. The molecule has 5 aliphatic rings. The second-order valence-corrected chi connectivity index (χ2v) is 13.2. The number of allylic oxidation sites excluding steroid dienone is 2. The van der Waals surface area contributed by atoms with Crippen molar-refractivity contribution >= 4 is 18.2 Å². The number of rotatable bonds is 8. The van der Waals surface area contributed by atoms with E-state index >= 15 is 0 Å². The molecule has 4 aliphatic carbocycles. The van der Waals surface area contributed by atoms with Gasteiger partial charge in [0.05, 0.1) is 0 Å². The smallest absolute Gasteiger partial charge is 0.334 e. The van der Waals surface area contributed by atoms with Crippen molar-refractivity contribution in [1.82, 2.24) is 0 Å². The molecule has 4 saturated carbocycles. The number of fused-ring (bicyclic) bond motifs is 4. The maximum absolute atomic E-state index is 12.6. The molecule has 0 amide bonds. The van der Waals surface area contributed by atoms with Gasteiger partial charge < -0.3 is 9.84 Å². The van der Waals surface area contributed by atoms with E-state index in [0.29, 0.717) is 29.7 Å². The number of carbonyl (C=O) groups is 3. The van der Waals surface area contributed by atoms with E-state index in [4.69, 9.17) is 4.74 Å². The summed E-state index contributed by atoms with van der Waals surface area (Å²) in [7, 11) is 0. The molecule has 5 fully saturated rings. The molecule has 5 nitrogen and oxygen atoms in total. The molecule has 0 aromatic carbocycles. The minimum absolute atomic E-state index is 0.0116. The summed E-state index contributed by atoms with van der Waals surface area (Å²) in [6.07, 6.45) is 12.3. The highest BCUT2D eigenvalue weighted by Gasteiger charge is 2.83. The third kappa shape index (κ3) is 3.21. The van der Waals surface area contributed by atoms with Gasteiger partial charge in [0.25, 0.3) is 0 Å². The fraction of sp³-hybridized carbons (Fsp3) is 0.767. The molecular weight excluding hydrogens is 440 g/mol. The molecule has 1 heterocycles. The summed E-state index contributed by atoms with van der Waals surface area (Å²) in [6.45, 7) is 13.4. The first kappa shape index (κ1) is 24.8. The fourth-order valence-corrected chi connectivity index (χ4v) is 10.3. The number of aliphatic carboxylic acids is 1. The minimum atomic E-state index is -0.753. The van der Waals surface area contributed by atoms with Crippen molar-refractivity contribution in [1.29, 1.82) is 0 Å². The molecule has 0 aromatic heterocycles. The predicted molar refractivity (Wildman–Crippen MR) is 133 cm³/mol. The van der Waals surface area contributed by atoms with Gasteiger partial charge in [-0.15, -0.1) is 0 Å².